The van der Waals surface area contributed by atoms with Gasteiger partial charge in [0.2, 0.25) is 11.8 Å². The number of hydrogen-bond acceptors (Lipinski definition) is 4. The Hall–Kier alpha value is -2.51. The molecule has 1 aliphatic rings. The van der Waals surface area contributed by atoms with Gasteiger partial charge < -0.3 is 10.6 Å². The predicted molar refractivity (Wildman–Crippen MR) is 84.5 cm³/mol. The van der Waals surface area contributed by atoms with Crippen LogP contribution in [-0.2, 0) is 19.5 Å². The van der Waals surface area contributed by atoms with Crippen LogP contribution in [0.25, 0.3) is 0 Å². The summed E-state index contributed by atoms with van der Waals surface area (Å²) in [5, 5.41) is 7.99. The van der Waals surface area contributed by atoms with Crippen LogP contribution in [0, 0.1) is 17.6 Å². The first-order valence-corrected chi connectivity index (χ1v) is 7.81. The van der Waals surface area contributed by atoms with Crippen molar-refractivity contribution in [3.63, 3.8) is 0 Å². The van der Waals surface area contributed by atoms with Gasteiger partial charge in [0.15, 0.2) is 11.6 Å². The Bertz CT molecular complexity index is 787. The molecule has 0 bridgehead atoms. The number of nitrogens with two attached hydrogens (primary N) is 1. The Morgan fingerprint density at radius 1 is 1.25 bits per heavy atom. The van der Waals surface area contributed by atoms with E-state index < -0.39 is 17.5 Å². The zero-order chi connectivity index (χ0) is 17.4. The van der Waals surface area contributed by atoms with Gasteiger partial charge in [-0.1, -0.05) is 13.8 Å². The standard InChI is InChI=1S/C16H19F2N5O/c1-9(2)7-23-15(14(19)24)20-21-16(23)22-4-3-10-5-12(17)13(18)6-11(10)8-22/h5-6,9H,3-4,7-8H2,1-2H3,(H2,19,24). The van der Waals surface area contributed by atoms with E-state index in [0.29, 0.717) is 37.6 Å². The van der Waals surface area contributed by atoms with Gasteiger partial charge in [-0.15, -0.1) is 10.2 Å². The molecular weight excluding hydrogens is 316 g/mol. The van der Waals surface area contributed by atoms with Gasteiger partial charge in [-0.3, -0.25) is 9.36 Å². The van der Waals surface area contributed by atoms with Crippen molar-refractivity contribution in [2.24, 2.45) is 11.7 Å². The molecule has 1 amide bonds. The molecule has 8 heteroatoms. The van der Waals surface area contributed by atoms with E-state index in [0.717, 1.165) is 5.56 Å². The number of hydrogen-bond donors (Lipinski definition) is 1. The average molecular weight is 335 g/mol. The molecule has 2 heterocycles. The number of halogens is 2. The van der Waals surface area contributed by atoms with Crippen molar-refractivity contribution < 1.29 is 13.6 Å². The fraction of sp³-hybridized carbons (Fsp3) is 0.438. The first-order valence-electron chi connectivity index (χ1n) is 7.81. The molecule has 0 radical (unpaired) electrons. The summed E-state index contributed by atoms with van der Waals surface area (Å²) in [6, 6.07) is 2.46. The van der Waals surface area contributed by atoms with Crippen molar-refractivity contribution in [1.82, 2.24) is 14.8 Å². The third-order valence-corrected chi connectivity index (χ3v) is 4.04. The van der Waals surface area contributed by atoms with E-state index in [1.165, 1.54) is 12.1 Å². The number of carbonyl (C=O) groups excluding carboxylic acids is 1. The second-order valence-electron chi connectivity index (χ2n) is 6.40. The summed E-state index contributed by atoms with van der Waals surface area (Å²) < 4.78 is 28.6. The number of carbonyl (C=O) groups is 1. The number of amides is 1. The third kappa shape index (κ3) is 2.95. The number of primary amides is 1. The van der Waals surface area contributed by atoms with Crippen molar-refractivity contribution in [3.8, 4) is 0 Å². The van der Waals surface area contributed by atoms with E-state index in [4.69, 9.17) is 5.73 Å². The zero-order valence-electron chi connectivity index (χ0n) is 13.6. The first kappa shape index (κ1) is 16.4. The van der Waals surface area contributed by atoms with Gasteiger partial charge in [0.1, 0.15) is 0 Å². The maximum Gasteiger partial charge on any atom is 0.286 e. The van der Waals surface area contributed by atoms with Gasteiger partial charge in [0.25, 0.3) is 5.91 Å². The average Bonchev–Trinajstić information content (AvgIpc) is 2.91. The molecule has 0 unspecified atom stereocenters. The zero-order valence-corrected chi connectivity index (χ0v) is 13.6. The fourth-order valence-corrected chi connectivity index (χ4v) is 2.96. The molecule has 0 fully saturated rings. The monoisotopic (exact) mass is 335 g/mol. The molecule has 128 valence electrons. The highest BCUT2D eigenvalue weighted by molar-refractivity contribution is 5.89. The Morgan fingerprint density at radius 2 is 1.92 bits per heavy atom. The molecule has 0 aliphatic carbocycles. The number of benzene rings is 1. The molecule has 1 aromatic heterocycles. The van der Waals surface area contributed by atoms with Gasteiger partial charge in [-0.25, -0.2) is 8.78 Å². The lowest BCUT2D eigenvalue weighted by atomic mass is 9.99. The normalized spacial score (nSPS) is 14.1. The summed E-state index contributed by atoms with van der Waals surface area (Å²) in [6.45, 7) is 5.52. The Labute approximate surface area is 138 Å². The molecule has 6 nitrogen and oxygen atoms in total. The van der Waals surface area contributed by atoms with Crippen LogP contribution >= 0.6 is 0 Å². The smallest absolute Gasteiger partial charge is 0.286 e. The Morgan fingerprint density at radius 3 is 2.54 bits per heavy atom. The number of anilines is 1. The lowest BCUT2D eigenvalue weighted by Crippen LogP contribution is -2.33. The number of fused-ring (bicyclic) bond motifs is 1. The van der Waals surface area contributed by atoms with Crippen molar-refractivity contribution in [1.29, 1.82) is 0 Å². The van der Waals surface area contributed by atoms with Crippen molar-refractivity contribution in [2.75, 3.05) is 11.4 Å². The minimum atomic E-state index is -0.864. The van der Waals surface area contributed by atoms with Crippen molar-refractivity contribution in [2.45, 2.75) is 33.4 Å². The summed E-state index contributed by atoms with van der Waals surface area (Å²) in [7, 11) is 0. The summed E-state index contributed by atoms with van der Waals surface area (Å²) in [5.74, 6) is -1.44. The molecule has 0 saturated heterocycles. The third-order valence-electron chi connectivity index (χ3n) is 4.04. The van der Waals surface area contributed by atoms with Gasteiger partial charge >= 0.3 is 0 Å². The molecule has 0 atom stereocenters. The molecule has 2 N–H and O–H groups in total. The van der Waals surface area contributed by atoms with Crippen LogP contribution < -0.4 is 10.6 Å². The van der Waals surface area contributed by atoms with E-state index >= 15 is 0 Å². The maximum atomic E-state index is 13.5. The highest BCUT2D eigenvalue weighted by Gasteiger charge is 2.25. The lowest BCUT2D eigenvalue weighted by Gasteiger charge is -2.30. The second-order valence-corrected chi connectivity index (χ2v) is 6.40. The second kappa shape index (κ2) is 6.18. The van der Waals surface area contributed by atoms with Crippen molar-refractivity contribution in [3.05, 3.63) is 40.7 Å². The fourth-order valence-electron chi connectivity index (χ4n) is 2.96. The van der Waals surface area contributed by atoms with E-state index in [1.807, 2.05) is 18.7 Å². The van der Waals surface area contributed by atoms with Crippen LogP contribution in [0.2, 0.25) is 0 Å². The number of rotatable bonds is 4. The van der Waals surface area contributed by atoms with Gasteiger partial charge in [0.05, 0.1) is 0 Å². The molecule has 2 aromatic rings. The molecule has 0 saturated carbocycles. The molecule has 3 rings (SSSR count). The van der Waals surface area contributed by atoms with E-state index in [1.54, 1.807) is 4.57 Å². The number of aromatic nitrogens is 3. The van der Waals surface area contributed by atoms with Crippen LogP contribution in [0.4, 0.5) is 14.7 Å². The summed E-state index contributed by atoms with van der Waals surface area (Å²) in [4.78, 5) is 13.5. The molecule has 0 spiro atoms. The SMILES string of the molecule is CC(C)Cn1c(C(N)=O)nnc1N1CCc2cc(F)c(F)cc2C1. The predicted octanol–water partition coefficient (Wildman–Crippen LogP) is 1.87. The minimum absolute atomic E-state index is 0.106. The largest absolute Gasteiger partial charge is 0.363 e. The van der Waals surface area contributed by atoms with E-state index in [9.17, 15) is 13.6 Å². The van der Waals surface area contributed by atoms with Crippen LogP contribution in [0.3, 0.4) is 0 Å². The quantitative estimate of drug-likeness (QED) is 0.925. The highest BCUT2D eigenvalue weighted by Crippen LogP contribution is 2.26. The highest BCUT2D eigenvalue weighted by atomic mass is 19.2. The minimum Gasteiger partial charge on any atom is -0.363 e. The van der Waals surface area contributed by atoms with Crippen LogP contribution in [0.1, 0.15) is 35.6 Å². The van der Waals surface area contributed by atoms with Crippen molar-refractivity contribution >= 4 is 11.9 Å². The molecule has 24 heavy (non-hydrogen) atoms. The molecule has 1 aromatic carbocycles. The molecular formula is C16H19F2N5O. The topological polar surface area (TPSA) is 77.0 Å². The maximum absolute atomic E-state index is 13.5. The van der Waals surface area contributed by atoms with Crippen LogP contribution in [0.5, 0.6) is 0 Å². The summed E-state index contributed by atoms with van der Waals surface area (Å²) >= 11 is 0. The van der Waals surface area contributed by atoms with Gasteiger partial charge in [-0.05, 0) is 35.6 Å². The Balaban J connectivity index is 1.95. The van der Waals surface area contributed by atoms with Crippen LogP contribution in [-0.4, -0.2) is 27.2 Å². The summed E-state index contributed by atoms with van der Waals surface area (Å²) in [6.07, 6.45) is 0.562. The number of nitrogens with zero attached hydrogens (tertiary/aromatic N) is 4. The summed E-state index contributed by atoms with van der Waals surface area (Å²) in [5.41, 5.74) is 6.87. The molecule has 1 aliphatic heterocycles. The van der Waals surface area contributed by atoms with Crippen LogP contribution in [0.15, 0.2) is 12.1 Å². The van der Waals surface area contributed by atoms with E-state index in [2.05, 4.69) is 10.2 Å². The van der Waals surface area contributed by atoms with E-state index in [-0.39, 0.29) is 11.7 Å². The first-order chi connectivity index (χ1) is 11.4. The van der Waals surface area contributed by atoms with Gasteiger partial charge in [-0.2, -0.15) is 0 Å². The lowest BCUT2D eigenvalue weighted by molar-refractivity contribution is 0.0985. The van der Waals surface area contributed by atoms with Gasteiger partial charge in [0, 0.05) is 19.6 Å². The Kier molecular flexibility index (Phi) is 4.21.